The molecule has 0 bridgehead atoms. The second-order valence-corrected chi connectivity index (χ2v) is 4.64. The number of carboxylic acid groups (broad SMARTS) is 1. The number of nitro groups is 1. The van der Waals surface area contributed by atoms with E-state index >= 15 is 0 Å². The Morgan fingerprint density at radius 3 is 2.37 bits per heavy atom. The van der Waals surface area contributed by atoms with Crippen LogP contribution < -0.4 is 5.32 Å². The van der Waals surface area contributed by atoms with Crippen LogP contribution in [0.15, 0.2) is 18.2 Å². The molecular formula is C12H14N2O5. The van der Waals surface area contributed by atoms with E-state index in [-0.39, 0.29) is 11.3 Å². The molecule has 1 aromatic rings. The minimum atomic E-state index is -1.41. The Bertz CT molecular complexity index is 551. The molecule has 0 aliphatic rings. The number of hydrogen-bond acceptors (Lipinski definition) is 4. The van der Waals surface area contributed by atoms with E-state index in [4.69, 9.17) is 5.11 Å². The van der Waals surface area contributed by atoms with Crippen molar-refractivity contribution in [1.29, 1.82) is 0 Å². The standard InChI is InChI=1S/C12H14N2O5/c1-7-6-8(14(18)19)4-5-9(7)10(15)13-12(2,3)11(16)17/h4-6H,1-3H3,(H,13,15)(H,16,17). The lowest BCUT2D eigenvalue weighted by Crippen LogP contribution is -2.49. The fourth-order valence-electron chi connectivity index (χ4n) is 1.42. The predicted molar refractivity (Wildman–Crippen MR) is 67.0 cm³/mol. The number of nitrogens with zero attached hydrogens (tertiary/aromatic N) is 1. The third-order valence-electron chi connectivity index (χ3n) is 2.63. The molecule has 7 heteroatoms. The molecule has 19 heavy (non-hydrogen) atoms. The number of benzene rings is 1. The normalized spacial score (nSPS) is 10.9. The molecule has 0 atom stereocenters. The Balaban J connectivity index is 3.02. The first-order valence-electron chi connectivity index (χ1n) is 5.46. The average Bonchev–Trinajstić information content (AvgIpc) is 2.27. The molecule has 0 radical (unpaired) electrons. The summed E-state index contributed by atoms with van der Waals surface area (Å²) in [5.74, 6) is -1.75. The summed E-state index contributed by atoms with van der Waals surface area (Å²) < 4.78 is 0. The molecule has 102 valence electrons. The fraction of sp³-hybridized carbons (Fsp3) is 0.333. The highest BCUT2D eigenvalue weighted by Crippen LogP contribution is 2.17. The Morgan fingerprint density at radius 1 is 1.37 bits per heavy atom. The topological polar surface area (TPSA) is 110 Å². The van der Waals surface area contributed by atoms with Crippen LogP contribution >= 0.6 is 0 Å². The van der Waals surface area contributed by atoms with Crippen LogP contribution in [0.5, 0.6) is 0 Å². The SMILES string of the molecule is Cc1cc([N+](=O)[O-])ccc1C(=O)NC(C)(C)C(=O)O. The molecular weight excluding hydrogens is 252 g/mol. The molecule has 0 aliphatic carbocycles. The van der Waals surface area contributed by atoms with E-state index in [9.17, 15) is 19.7 Å². The lowest BCUT2D eigenvalue weighted by Gasteiger charge is -2.21. The van der Waals surface area contributed by atoms with E-state index in [1.54, 1.807) is 6.92 Å². The Hall–Kier alpha value is -2.44. The molecule has 0 unspecified atom stereocenters. The van der Waals surface area contributed by atoms with Gasteiger partial charge in [0.1, 0.15) is 5.54 Å². The van der Waals surface area contributed by atoms with Crippen molar-refractivity contribution < 1.29 is 19.6 Å². The molecule has 7 nitrogen and oxygen atoms in total. The van der Waals surface area contributed by atoms with Gasteiger partial charge >= 0.3 is 5.97 Å². The predicted octanol–water partition coefficient (Wildman–Crippen LogP) is 1.50. The van der Waals surface area contributed by atoms with Crippen molar-refractivity contribution in [2.45, 2.75) is 26.3 Å². The van der Waals surface area contributed by atoms with Gasteiger partial charge in [-0.25, -0.2) is 4.79 Å². The number of rotatable bonds is 4. The van der Waals surface area contributed by atoms with Crippen molar-refractivity contribution in [2.24, 2.45) is 0 Å². The Labute approximate surface area is 109 Å². The number of nitro benzene ring substituents is 1. The Morgan fingerprint density at radius 2 is 1.95 bits per heavy atom. The summed E-state index contributed by atoms with van der Waals surface area (Å²) >= 11 is 0. The van der Waals surface area contributed by atoms with E-state index in [0.29, 0.717) is 5.56 Å². The smallest absolute Gasteiger partial charge is 0.328 e. The van der Waals surface area contributed by atoms with E-state index in [2.05, 4.69) is 5.32 Å². The summed E-state index contributed by atoms with van der Waals surface area (Å²) in [5, 5.41) is 21.9. The third-order valence-corrected chi connectivity index (χ3v) is 2.63. The summed E-state index contributed by atoms with van der Waals surface area (Å²) in [5.41, 5.74) is -0.912. The zero-order valence-corrected chi connectivity index (χ0v) is 10.8. The summed E-state index contributed by atoms with van der Waals surface area (Å²) in [6.45, 7) is 4.26. The molecule has 1 rings (SSSR count). The average molecular weight is 266 g/mol. The van der Waals surface area contributed by atoms with Crippen LogP contribution in [0, 0.1) is 17.0 Å². The molecule has 0 fully saturated rings. The van der Waals surface area contributed by atoms with Crippen LogP contribution in [0.25, 0.3) is 0 Å². The zero-order valence-electron chi connectivity index (χ0n) is 10.8. The van der Waals surface area contributed by atoms with Gasteiger partial charge in [-0.1, -0.05) is 0 Å². The number of amides is 1. The molecule has 0 heterocycles. The highest BCUT2D eigenvalue weighted by atomic mass is 16.6. The summed E-state index contributed by atoms with van der Waals surface area (Å²) in [7, 11) is 0. The van der Waals surface area contributed by atoms with Crippen LogP contribution in [0.1, 0.15) is 29.8 Å². The van der Waals surface area contributed by atoms with Crippen molar-refractivity contribution in [1.82, 2.24) is 5.32 Å². The number of non-ortho nitro benzene ring substituents is 1. The fourth-order valence-corrected chi connectivity index (χ4v) is 1.42. The van der Waals surface area contributed by atoms with E-state index in [1.807, 2.05) is 0 Å². The Kier molecular flexibility index (Phi) is 3.89. The lowest BCUT2D eigenvalue weighted by atomic mass is 10.0. The van der Waals surface area contributed by atoms with Crippen LogP contribution in [-0.4, -0.2) is 27.4 Å². The molecule has 0 aliphatic heterocycles. The van der Waals surface area contributed by atoms with Crippen LogP contribution in [-0.2, 0) is 4.79 Å². The van der Waals surface area contributed by atoms with E-state index < -0.39 is 22.3 Å². The summed E-state index contributed by atoms with van der Waals surface area (Å²) in [6.07, 6.45) is 0. The maximum atomic E-state index is 11.9. The van der Waals surface area contributed by atoms with Crippen LogP contribution in [0.3, 0.4) is 0 Å². The maximum Gasteiger partial charge on any atom is 0.328 e. The monoisotopic (exact) mass is 266 g/mol. The number of carbonyl (C=O) groups excluding carboxylic acids is 1. The summed E-state index contributed by atoms with van der Waals surface area (Å²) in [6, 6.07) is 3.78. The number of aliphatic carboxylic acids is 1. The van der Waals surface area contributed by atoms with E-state index in [0.717, 1.165) is 0 Å². The van der Waals surface area contributed by atoms with Crippen molar-refractivity contribution >= 4 is 17.6 Å². The van der Waals surface area contributed by atoms with Gasteiger partial charge in [0.15, 0.2) is 0 Å². The number of aryl methyl sites for hydroxylation is 1. The zero-order chi connectivity index (χ0) is 14.8. The van der Waals surface area contributed by atoms with Gasteiger partial charge in [-0.05, 0) is 32.4 Å². The van der Waals surface area contributed by atoms with Gasteiger partial charge in [-0.15, -0.1) is 0 Å². The van der Waals surface area contributed by atoms with Crippen molar-refractivity contribution in [3.05, 3.63) is 39.4 Å². The van der Waals surface area contributed by atoms with Gasteiger partial charge < -0.3 is 10.4 Å². The summed E-state index contributed by atoms with van der Waals surface area (Å²) in [4.78, 5) is 32.9. The first-order chi connectivity index (χ1) is 8.65. The largest absolute Gasteiger partial charge is 0.480 e. The highest BCUT2D eigenvalue weighted by molar-refractivity contribution is 5.98. The first kappa shape index (κ1) is 14.6. The second-order valence-electron chi connectivity index (χ2n) is 4.64. The third kappa shape index (κ3) is 3.27. The van der Waals surface area contributed by atoms with Crippen LogP contribution in [0.4, 0.5) is 5.69 Å². The van der Waals surface area contributed by atoms with Gasteiger partial charge in [0.25, 0.3) is 11.6 Å². The van der Waals surface area contributed by atoms with Gasteiger partial charge in [0, 0.05) is 17.7 Å². The number of carboxylic acids is 1. The van der Waals surface area contributed by atoms with Crippen molar-refractivity contribution in [3.8, 4) is 0 Å². The second kappa shape index (κ2) is 5.05. The lowest BCUT2D eigenvalue weighted by molar-refractivity contribution is -0.384. The minimum Gasteiger partial charge on any atom is -0.480 e. The molecule has 0 saturated heterocycles. The molecule has 2 N–H and O–H groups in total. The van der Waals surface area contributed by atoms with Crippen LogP contribution in [0.2, 0.25) is 0 Å². The quantitative estimate of drug-likeness (QED) is 0.633. The highest BCUT2D eigenvalue weighted by Gasteiger charge is 2.29. The van der Waals surface area contributed by atoms with Gasteiger partial charge in [0.2, 0.25) is 0 Å². The minimum absolute atomic E-state index is 0.119. The van der Waals surface area contributed by atoms with E-state index in [1.165, 1.54) is 32.0 Å². The van der Waals surface area contributed by atoms with Gasteiger partial charge in [-0.3, -0.25) is 14.9 Å². The molecule has 0 saturated carbocycles. The molecule has 1 aromatic carbocycles. The van der Waals surface area contributed by atoms with Gasteiger partial charge in [0.05, 0.1) is 4.92 Å². The number of nitrogens with one attached hydrogen (secondary N) is 1. The van der Waals surface area contributed by atoms with Crippen molar-refractivity contribution in [3.63, 3.8) is 0 Å². The number of carbonyl (C=O) groups is 2. The molecule has 0 aromatic heterocycles. The van der Waals surface area contributed by atoms with Crippen molar-refractivity contribution in [2.75, 3.05) is 0 Å². The molecule has 1 amide bonds. The van der Waals surface area contributed by atoms with Gasteiger partial charge in [-0.2, -0.15) is 0 Å². The molecule has 0 spiro atoms. The first-order valence-corrected chi connectivity index (χ1v) is 5.46. The number of hydrogen-bond donors (Lipinski definition) is 2. The maximum absolute atomic E-state index is 11.9.